The minimum atomic E-state index is -0.406. The van der Waals surface area contributed by atoms with Crippen molar-refractivity contribution in [1.82, 2.24) is 5.32 Å². The van der Waals surface area contributed by atoms with E-state index in [9.17, 15) is 20.1 Å². The van der Waals surface area contributed by atoms with E-state index < -0.39 is 11.7 Å². The first-order chi connectivity index (χ1) is 9.13. The van der Waals surface area contributed by atoms with Crippen molar-refractivity contribution in [3.63, 3.8) is 0 Å². The molecule has 1 saturated carbocycles. The molecule has 1 aliphatic carbocycles. The van der Waals surface area contributed by atoms with E-state index in [-0.39, 0.29) is 29.8 Å². The molecule has 0 radical (unpaired) electrons. The predicted octanol–water partition coefficient (Wildman–Crippen LogP) is 1.24. The van der Waals surface area contributed by atoms with Crippen LogP contribution in [0.2, 0.25) is 0 Å². The van der Waals surface area contributed by atoms with Gasteiger partial charge in [0, 0.05) is 13.2 Å². The van der Waals surface area contributed by atoms with Crippen molar-refractivity contribution in [1.29, 1.82) is 0 Å². The quantitative estimate of drug-likeness (QED) is 0.616. The Kier molecular flexibility index (Phi) is 4.27. The van der Waals surface area contributed by atoms with Crippen molar-refractivity contribution in [2.24, 2.45) is 11.8 Å². The van der Waals surface area contributed by atoms with Gasteiger partial charge >= 0.3 is 0 Å². The van der Waals surface area contributed by atoms with Gasteiger partial charge in [0.05, 0.1) is 5.56 Å². The van der Waals surface area contributed by atoms with Crippen molar-refractivity contribution in [3.05, 3.63) is 23.8 Å². The van der Waals surface area contributed by atoms with Gasteiger partial charge < -0.3 is 20.6 Å². The second kappa shape index (κ2) is 5.93. The van der Waals surface area contributed by atoms with E-state index in [4.69, 9.17) is 0 Å². The number of benzene rings is 1. The lowest BCUT2D eigenvalue weighted by atomic mass is 9.97. The molecule has 104 valence electrons. The van der Waals surface area contributed by atoms with Crippen LogP contribution in [0.15, 0.2) is 18.2 Å². The van der Waals surface area contributed by atoms with Crippen molar-refractivity contribution < 1.29 is 20.1 Å². The minimum absolute atomic E-state index is 0.0681. The molecule has 5 nitrogen and oxygen atoms in total. The van der Waals surface area contributed by atoms with Crippen molar-refractivity contribution >= 4 is 5.91 Å². The Labute approximate surface area is 111 Å². The van der Waals surface area contributed by atoms with Crippen LogP contribution >= 0.6 is 0 Å². The molecule has 0 heterocycles. The molecule has 0 bridgehead atoms. The van der Waals surface area contributed by atoms with E-state index in [1.807, 2.05) is 0 Å². The Bertz CT molecular complexity index is 461. The summed E-state index contributed by atoms with van der Waals surface area (Å²) in [7, 11) is 0. The molecular formula is C14H19NO4. The highest BCUT2D eigenvalue weighted by molar-refractivity contribution is 5.97. The normalized spacial score (nSPS) is 22.4. The predicted molar refractivity (Wildman–Crippen MR) is 70.0 cm³/mol. The van der Waals surface area contributed by atoms with Gasteiger partial charge in [-0.15, -0.1) is 0 Å². The first kappa shape index (κ1) is 13.7. The Morgan fingerprint density at radius 1 is 1.26 bits per heavy atom. The Morgan fingerprint density at radius 2 is 2.00 bits per heavy atom. The topological polar surface area (TPSA) is 89.8 Å². The average Bonchev–Trinajstić information content (AvgIpc) is 2.86. The highest BCUT2D eigenvalue weighted by Gasteiger charge is 2.27. The summed E-state index contributed by atoms with van der Waals surface area (Å²) < 4.78 is 0. The summed E-state index contributed by atoms with van der Waals surface area (Å²) in [6.45, 7) is 0.636. The summed E-state index contributed by atoms with van der Waals surface area (Å²) in [5.41, 5.74) is 0.0681. The van der Waals surface area contributed by atoms with E-state index >= 15 is 0 Å². The van der Waals surface area contributed by atoms with Crippen LogP contribution < -0.4 is 5.32 Å². The molecule has 1 amide bonds. The second-order valence-electron chi connectivity index (χ2n) is 5.02. The first-order valence-corrected chi connectivity index (χ1v) is 6.53. The molecule has 1 aromatic rings. The molecule has 1 fully saturated rings. The van der Waals surface area contributed by atoms with Crippen LogP contribution in [0.3, 0.4) is 0 Å². The number of hydrogen-bond acceptors (Lipinski definition) is 4. The Hall–Kier alpha value is -1.75. The van der Waals surface area contributed by atoms with E-state index in [0.29, 0.717) is 6.54 Å². The average molecular weight is 265 g/mol. The molecule has 1 aromatic carbocycles. The van der Waals surface area contributed by atoms with Crippen LogP contribution in [-0.2, 0) is 0 Å². The monoisotopic (exact) mass is 265 g/mol. The largest absolute Gasteiger partial charge is 0.504 e. The molecule has 0 aliphatic heterocycles. The van der Waals surface area contributed by atoms with Crippen LogP contribution in [-0.4, -0.2) is 34.4 Å². The van der Waals surface area contributed by atoms with Gasteiger partial charge in [-0.05, 0) is 36.8 Å². The molecule has 5 heteroatoms. The van der Waals surface area contributed by atoms with Gasteiger partial charge in [0.1, 0.15) is 0 Å². The van der Waals surface area contributed by atoms with Crippen LogP contribution in [0, 0.1) is 11.8 Å². The van der Waals surface area contributed by atoms with Crippen LogP contribution in [0.25, 0.3) is 0 Å². The number of carbonyl (C=O) groups excluding carboxylic acids is 1. The maximum Gasteiger partial charge on any atom is 0.255 e. The van der Waals surface area contributed by atoms with E-state index in [1.54, 1.807) is 0 Å². The van der Waals surface area contributed by atoms with Gasteiger partial charge in [0.15, 0.2) is 11.5 Å². The van der Waals surface area contributed by atoms with Crippen LogP contribution in [0.4, 0.5) is 0 Å². The molecular weight excluding hydrogens is 246 g/mol. The zero-order chi connectivity index (χ0) is 13.8. The number of phenols is 2. The Balaban J connectivity index is 1.96. The van der Waals surface area contributed by atoms with E-state index in [1.165, 1.54) is 18.2 Å². The number of aromatic hydroxyl groups is 2. The van der Waals surface area contributed by atoms with Crippen molar-refractivity contribution in [2.45, 2.75) is 19.3 Å². The second-order valence-corrected chi connectivity index (χ2v) is 5.02. The number of para-hydroxylation sites is 1. The number of phenolic OH excluding ortho intramolecular Hbond substituents is 2. The number of aliphatic hydroxyl groups excluding tert-OH is 1. The van der Waals surface area contributed by atoms with Gasteiger partial charge in [-0.25, -0.2) is 0 Å². The summed E-state index contributed by atoms with van der Waals surface area (Å²) in [6.07, 6.45) is 3.06. The van der Waals surface area contributed by atoms with Crippen molar-refractivity contribution in [2.75, 3.05) is 13.2 Å². The Morgan fingerprint density at radius 3 is 2.74 bits per heavy atom. The summed E-state index contributed by atoms with van der Waals surface area (Å²) in [5, 5.41) is 30.9. The lowest BCUT2D eigenvalue weighted by Gasteiger charge is -2.18. The molecule has 19 heavy (non-hydrogen) atoms. The molecule has 0 saturated heterocycles. The van der Waals surface area contributed by atoms with E-state index in [0.717, 1.165) is 19.3 Å². The van der Waals surface area contributed by atoms with Gasteiger partial charge in [0.2, 0.25) is 0 Å². The highest BCUT2D eigenvalue weighted by Crippen LogP contribution is 2.31. The van der Waals surface area contributed by atoms with Gasteiger partial charge in [-0.1, -0.05) is 12.5 Å². The van der Waals surface area contributed by atoms with E-state index in [2.05, 4.69) is 5.32 Å². The number of rotatable bonds is 4. The molecule has 0 spiro atoms. The summed E-state index contributed by atoms with van der Waals surface area (Å²) in [6, 6.07) is 4.30. The van der Waals surface area contributed by atoms with Crippen molar-refractivity contribution in [3.8, 4) is 11.5 Å². The lowest BCUT2D eigenvalue weighted by Crippen LogP contribution is -2.31. The first-order valence-electron chi connectivity index (χ1n) is 6.53. The third-order valence-corrected chi connectivity index (χ3v) is 3.84. The molecule has 1 aliphatic rings. The van der Waals surface area contributed by atoms with Crippen LogP contribution in [0.5, 0.6) is 11.5 Å². The number of carbonyl (C=O) groups is 1. The molecule has 2 rings (SSSR count). The number of hydrogen-bond donors (Lipinski definition) is 4. The van der Waals surface area contributed by atoms with Crippen LogP contribution in [0.1, 0.15) is 29.6 Å². The fourth-order valence-corrected chi connectivity index (χ4v) is 2.66. The SMILES string of the molecule is O=C(NCC1CCCC1CO)c1cccc(O)c1O. The maximum absolute atomic E-state index is 11.9. The molecule has 4 N–H and O–H groups in total. The number of nitrogens with one attached hydrogen (secondary N) is 1. The minimum Gasteiger partial charge on any atom is -0.504 e. The fourth-order valence-electron chi connectivity index (χ4n) is 2.66. The molecule has 2 atom stereocenters. The molecule has 0 aromatic heterocycles. The smallest absolute Gasteiger partial charge is 0.255 e. The third kappa shape index (κ3) is 2.98. The maximum atomic E-state index is 11.9. The van der Waals surface area contributed by atoms with Gasteiger partial charge in [0.25, 0.3) is 5.91 Å². The summed E-state index contributed by atoms with van der Waals surface area (Å²) in [5.74, 6) is -0.574. The summed E-state index contributed by atoms with van der Waals surface area (Å²) >= 11 is 0. The van der Waals surface area contributed by atoms with Gasteiger partial charge in [-0.3, -0.25) is 4.79 Å². The summed E-state index contributed by atoms with van der Waals surface area (Å²) in [4.78, 5) is 11.9. The number of amides is 1. The standard InChI is InChI=1S/C14H19NO4/c16-8-10-4-1-3-9(10)7-15-14(19)11-5-2-6-12(17)13(11)18/h2,5-6,9-10,16-18H,1,3-4,7-8H2,(H,15,19). The van der Waals surface area contributed by atoms with Gasteiger partial charge in [-0.2, -0.15) is 0 Å². The lowest BCUT2D eigenvalue weighted by molar-refractivity contribution is 0.0934. The zero-order valence-electron chi connectivity index (χ0n) is 10.7. The molecule has 2 unspecified atom stereocenters. The highest BCUT2D eigenvalue weighted by atomic mass is 16.3. The fraction of sp³-hybridized carbons (Fsp3) is 0.500. The number of aliphatic hydroxyl groups is 1. The zero-order valence-corrected chi connectivity index (χ0v) is 10.7. The third-order valence-electron chi connectivity index (χ3n) is 3.84.